The molecule has 3 aromatic rings. The number of aromatic nitrogens is 2. The number of alkyl halides is 3. The van der Waals surface area contributed by atoms with Crippen LogP contribution in [0.3, 0.4) is 0 Å². The van der Waals surface area contributed by atoms with Crippen LogP contribution in [0.5, 0.6) is 0 Å². The molecule has 2 N–H and O–H groups in total. The van der Waals surface area contributed by atoms with Crippen molar-refractivity contribution >= 4 is 17.5 Å². The van der Waals surface area contributed by atoms with Crippen molar-refractivity contribution in [3.05, 3.63) is 82.2 Å². The van der Waals surface area contributed by atoms with Crippen molar-refractivity contribution < 1.29 is 22.7 Å². The smallest absolute Gasteiger partial charge is 0.383 e. The SMILES string of the molecule is COCCNc1ncc(C#Cc2cc(C(=O)Nc3ccc(CN4CCN(C)CC4)c(C(F)(F)F)c3)ccc2C)cn1. The number of likely N-dealkylation sites (N-methyl/N-ethyl adjacent to an activating group) is 1. The number of methoxy groups -OCH3 is 1. The summed E-state index contributed by atoms with van der Waals surface area (Å²) in [6.45, 7) is 6.20. The Balaban J connectivity index is 1.47. The Morgan fingerprint density at radius 3 is 2.46 bits per heavy atom. The number of hydrogen-bond donors (Lipinski definition) is 2. The first-order valence-corrected chi connectivity index (χ1v) is 13.2. The van der Waals surface area contributed by atoms with Gasteiger partial charge in [-0.15, -0.1) is 0 Å². The third kappa shape index (κ3) is 8.50. The molecule has 0 unspecified atom stereocenters. The molecule has 0 atom stereocenters. The van der Waals surface area contributed by atoms with Crippen LogP contribution in [0, 0.1) is 18.8 Å². The Morgan fingerprint density at radius 2 is 1.78 bits per heavy atom. The fraction of sp³-hybridized carbons (Fsp3) is 0.367. The third-order valence-corrected chi connectivity index (χ3v) is 6.75. The van der Waals surface area contributed by atoms with Gasteiger partial charge in [-0.2, -0.15) is 13.2 Å². The lowest BCUT2D eigenvalue weighted by molar-refractivity contribution is -0.138. The minimum Gasteiger partial charge on any atom is -0.383 e. The third-order valence-electron chi connectivity index (χ3n) is 6.75. The summed E-state index contributed by atoms with van der Waals surface area (Å²) in [5, 5.41) is 5.64. The van der Waals surface area contributed by atoms with Gasteiger partial charge in [-0.1, -0.05) is 24.0 Å². The Morgan fingerprint density at radius 1 is 1.05 bits per heavy atom. The first kappa shape index (κ1) is 30.0. The molecule has 0 spiro atoms. The zero-order chi connectivity index (χ0) is 29.4. The van der Waals surface area contributed by atoms with Gasteiger partial charge >= 0.3 is 6.18 Å². The van der Waals surface area contributed by atoms with Crippen LogP contribution in [-0.2, 0) is 17.5 Å². The summed E-state index contributed by atoms with van der Waals surface area (Å²) in [5.74, 6) is 5.96. The standard InChI is InChI=1S/C30H33F3N6O2/c1-21-4-6-24(16-23(21)7-5-22-18-35-29(36-19-22)34-10-15-41-3)28(40)37-26-9-8-25(27(17-26)30(31,32)33)20-39-13-11-38(2)12-14-39/h4,6,8-9,16-19H,10-15,20H2,1-3H3,(H,37,40)(H,34,35,36). The number of rotatable bonds is 8. The van der Waals surface area contributed by atoms with E-state index in [2.05, 4.69) is 37.3 Å². The van der Waals surface area contributed by atoms with Crippen LogP contribution in [0.2, 0.25) is 0 Å². The zero-order valence-corrected chi connectivity index (χ0v) is 23.3. The van der Waals surface area contributed by atoms with E-state index < -0.39 is 17.6 Å². The van der Waals surface area contributed by atoms with Crippen LogP contribution < -0.4 is 10.6 Å². The molecule has 2 aromatic carbocycles. The predicted octanol–water partition coefficient (Wildman–Crippen LogP) is 4.26. The van der Waals surface area contributed by atoms with Crippen molar-refractivity contribution in [1.29, 1.82) is 0 Å². The van der Waals surface area contributed by atoms with Crippen molar-refractivity contribution in [3.63, 3.8) is 0 Å². The quantitative estimate of drug-likeness (QED) is 0.312. The molecule has 1 aliphatic heterocycles. The molecule has 0 bridgehead atoms. The minimum atomic E-state index is -4.54. The van der Waals surface area contributed by atoms with E-state index in [-0.39, 0.29) is 23.4 Å². The van der Waals surface area contributed by atoms with Gasteiger partial charge in [-0.3, -0.25) is 9.69 Å². The summed E-state index contributed by atoms with van der Waals surface area (Å²) in [4.78, 5) is 25.6. The molecule has 8 nitrogen and oxygen atoms in total. The summed E-state index contributed by atoms with van der Waals surface area (Å²) in [6, 6.07) is 8.95. The Hall–Kier alpha value is -3.98. The number of carbonyl (C=O) groups is 1. The summed E-state index contributed by atoms with van der Waals surface area (Å²) >= 11 is 0. The van der Waals surface area contributed by atoms with Crippen LogP contribution in [0.25, 0.3) is 0 Å². The van der Waals surface area contributed by atoms with E-state index in [0.717, 1.165) is 24.7 Å². The molecule has 41 heavy (non-hydrogen) atoms. The van der Waals surface area contributed by atoms with Crippen LogP contribution >= 0.6 is 0 Å². The number of nitrogens with zero attached hydrogens (tertiary/aromatic N) is 4. The summed E-state index contributed by atoms with van der Waals surface area (Å²) < 4.78 is 46.8. The molecule has 2 heterocycles. The second-order valence-electron chi connectivity index (χ2n) is 9.90. The molecule has 1 fully saturated rings. The minimum absolute atomic E-state index is 0.0778. The Labute approximate surface area is 237 Å². The van der Waals surface area contributed by atoms with Gasteiger partial charge in [-0.05, 0) is 49.4 Å². The van der Waals surface area contributed by atoms with Gasteiger partial charge < -0.3 is 20.3 Å². The van der Waals surface area contributed by atoms with Crippen molar-refractivity contribution in [2.24, 2.45) is 0 Å². The number of piperazine rings is 1. The number of halogens is 3. The molecule has 216 valence electrons. The van der Waals surface area contributed by atoms with E-state index in [1.54, 1.807) is 37.7 Å². The van der Waals surface area contributed by atoms with Crippen molar-refractivity contribution in [1.82, 2.24) is 19.8 Å². The lowest BCUT2D eigenvalue weighted by atomic mass is 10.0. The van der Waals surface area contributed by atoms with Gasteiger partial charge in [0.1, 0.15) is 0 Å². The van der Waals surface area contributed by atoms with Gasteiger partial charge in [0.2, 0.25) is 5.95 Å². The normalized spacial score (nSPS) is 14.3. The zero-order valence-electron chi connectivity index (χ0n) is 23.3. The lowest BCUT2D eigenvalue weighted by Gasteiger charge is -2.33. The van der Waals surface area contributed by atoms with E-state index in [1.807, 2.05) is 18.9 Å². The summed E-state index contributed by atoms with van der Waals surface area (Å²) in [6.07, 6.45) is -1.36. The van der Waals surface area contributed by atoms with E-state index in [1.165, 1.54) is 12.1 Å². The number of benzene rings is 2. The number of aryl methyl sites for hydroxylation is 1. The number of nitrogens with one attached hydrogen (secondary N) is 2. The van der Waals surface area contributed by atoms with Crippen LogP contribution in [-0.4, -0.2) is 79.2 Å². The average Bonchev–Trinajstić information content (AvgIpc) is 2.95. The second kappa shape index (κ2) is 13.6. The first-order valence-electron chi connectivity index (χ1n) is 13.2. The predicted molar refractivity (Wildman–Crippen MR) is 152 cm³/mol. The summed E-state index contributed by atoms with van der Waals surface area (Å²) in [7, 11) is 3.61. The first-order chi connectivity index (χ1) is 19.6. The van der Waals surface area contributed by atoms with Crippen LogP contribution in [0.1, 0.15) is 38.2 Å². The molecule has 1 saturated heterocycles. The highest BCUT2D eigenvalue weighted by Crippen LogP contribution is 2.34. The topological polar surface area (TPSA) is 82.6 Å². The molecule has 1 amide bonds. The van der Waals surface area contributed by atoms with Gasteiger partial charge in [0.05, 0.1) is 17.7 Å². The number of anilines is 2. The monoisotopic (exact) mass is 566 g/mol. The van der Waals surface area contributed by atoms with Gasteiger partial charge in [0.15, 0.2) is 0 Å². The largest absolute Gasteiger partial charge is 0.416 e. The molecular formula is C30H33F3N6O2. The molecule has 0 aliphatic carbocycles. The number of ether oxygens (including phenoxy) is 1. The maximum atomic E-state index is 13.9. The molecular weight excluding hydrogens is 533 g/mol. The Kier molecular flexibility index (Phi) is 9.94. The van der Waals surface area contributed by atoms with Crippen molar-refractivity contribution in [2.75, 3.05) is 64.1 Å². The average molecular weight is 567 g/mol. The molecule has 1 aliphatic rings. The highest BCUT2D eigenvalue weighted by atomic mass is 19.4. The lowest BCUT2D eigenvalue weighted by Crippen LogP contribution is -2.44. The number of hydrogen-bond acceptors (Lipinski definition) is 7. The van der Waals surface area contributed by atoms with E-state index in [4.69, 9.17) is 4.74 Å². The van der Waals surface area contributed by atoms with E-state index in [0.29, 0.717) is 43.3 Å². The molecule has 1 aromatic heterocycles. The Bertz CT molecular complexity index is 1410. The van der Waals surface area contributed by atoms with Gasteiger partial charge in [-0.25, -0.2) is 9.97 Å². The molecule has 0 radical (unpaired) electrons. The highest BCUT2D eigenvalue weighted by Gasteiger charge is 2.34. The van der Waals surface area contributed by atoms with Gasteiger partial charge in [0.25, 0.3) is 5.91 Å². The molecule has 4 rings (SSSR count). The van der Waals surface area contributed by atoms with Crippen molar-refractivity contribution in [2.45, 2.75) is 19.6 Å². The van der Waals surface area contributed by atoms with E-state index >= 15 is 0 Å². The highest BCUT2D eigenvalue weighted by molar-refractivity contribution is 6.04. The summed E-state index contributed by atoms with van der Waals surface area (Å²) in [5.41, 5.74) is 1.85. The molecule has 11 heteroatoms. The fourth-order valence-electron chi connectivity index (χ4n) is 4.29. The number of carbonyl (C=O) groups excluding carboxylic acids is 1. The van der Waals surface area contributed by atoms with Crippen LogP contribution in [0.4, 0.5) is 24.8 Å². The van der Waals surface area contributed by atoms with E-state index in [9.17, 15) is 18.0 Å². The number of amides is 1. The maximum absolute atomic E-state index is 13.9. The maximum Gasteiger partial charge on any atom is 0.416 e. The van der Waals surface area contributed by atoms with Crippen molar-refractivity contribution in [3.8, 4) is 11.8 Å². The fourth-order valence-corrected chi connectivity index (χ4v) is 4.29. The second-order valence-corrected chi connectivity index (χ2v) is 9.90. The molecule has 0 saturated carbocycles. The van der Waals surface area contributed by atoms with Crippen LogP contribution in [0.15, 0.2) is 48.8 Å². The van der Waals surface area contributed by atoms with Gasteiger partial charge in [0, 0.05) is 75.6 Å².